The van der Waals surface area contributed by atoms with Gasteiger partial charge >= 0.3 is 0 Å². The predicted molar refractivity (Wildman–Crippen MR) is 55.7 cm³/mol. The third-order valence-corrected chi connectivity index (χ3v) is 1.86. The Balaban J connectivity index is 2.08. The van der Waals surface area contributed by atoms with Gasteiger partial charge in [0.25, 0.3) is 11.9 Å². The van der Waals surface area contributed by atoms with Gasteiger partial charge in [0.15, 0.2) is 0 Å². The number of nitrogens with zero attached hydrogens (tertiary/aromatic N) is 5. The highest BCUT2D eigenvalue weighted by molar-refractivity contribution is 6.01. The molecule has 0 saturated heterocycles. The summed E-state index contributed by atoms with van der Waals surface area (Å²) in [6.07, 6.45) is 1.55. The number of aryl methyl sites for hydroxylation is 1. The number of carbonyl (C=O) groups is 1. The van der Waals surface area contributed by atoms with Gasteiger partial charge < -0.3 is 0 Å². The van der Waals surface area contributed by atoms with Crippen molar-refractivity contribution in [2.24, 2.45) is 0 Å². The zero-order valence-electron chi connectivity index (χ0n) is 8.66. The summed E-state index contributed by atoms with van der Waals surface area (Å²) in [5, 5.41) is 13.8. The van der Waals surface area contributed by atoms with Gasteiger partial charge in [-0.3, -0.25) is 15.1 Å². The number of anilines is 1. The maximum atomic E-state index is 11.6. The molecule has 7 heteroatoms. The number of carbonyl (C=O) groups excluding carboxylic acids is 1. The molecular weight excluding hydrogens is 208 g/mol. The Kier molecular flexibility index (Phi) is 2.86. The van der Waals surface area contributed by atoms with Crippen molar-refractivity contribution in [3.63, 3.8) is 0 Å². The maximum Gasteiger partial charge on any atom is 0.276 e. The van der Waals surface area contributed by atoms with E-state index in [9.17, 15) is 4.79 Å². The molecule has 82 valence electrons. The van der Waals surface area contributed by atoms with Crippen LogP contribution in [-0.2, 0) is 6.54 Å². The van der Waals surface area contributed by atoms with Crippen LogP contribution in [0.25, 0.3) is 0 Å². The lowest BCUT2D eigenvalue weighted by Crippen LogP contribution is -2.14. The molecule has 1 amide bonds. The molecule has 7 nitrogen and oxygen atoms in total. The molecule has 0 aliphatic carbocycles. The first-order valence-electron chi connectivity index (χ1n) is 4.80. The molecule has 2 aromatic rings. The Hall–Kier alpha value is -2.31. The van der Waals surface area contributed by atoms with Gasteiger partial charge in [-0.25, -0.2) is 0 Å². The quantitative estimate of drug-likeness (QED) is 0.802. The van der Waals surface area contributed by atoms with Gasteiger partial charge in [0, 0.05) is 6.20 Å². The third-order valence-electron chi connectivity index (χ3n) is 1.86. The van der Waals surface area contributed by atoms with Crippen LogP contribution in [0.3, 0.4) is 0 Å². The Bertz CT molecular complexity index is 480. The highest BCUT2D eigenvalue weighted by atomic mass is 16.2. The minimum Gasteiger partial charge on any atom is -0.286 e. The number of aromatic nitrogens is 5. The van der Waals surface area contributed by atoms with Crippen molar-refractivity contribution in [2.45, 2.75) is 13.5 Å². The first-order valence-corrected chi connectivity index (χ1v) is 4.80. The van der Waals surface area contributed by atoms with E-state index in [-0.39, 0.29) is 11.9 Å². The first-order chi connectivity index (χ1) is 7.79. The molecule has 0 aromatic carbocycles. The second-order valence-electron chi connectivity index (χ2n) is 2.97. The number of hydrogen-bond acceptors (Lipinski definition) is 5. The molecule has 1 N–H and O–H groups in total. The van der Waals surface area contributed by atoms with Crippen LogP contribution in [0.1, 0.15) is 17.4 Å². The van der Waals surface area contributed by atoms with Gasteiger partial charge in [0.1, 0.15) is 5.69 Å². The molecule has 0 fully saturated rings. The number of amides is 1. The van der Waals surface area contributed by atoms with Crippen LogP contribution in [-0.4, -0.2) is 31.1 Å². The zero-order chi connectivity index (χ0) is 11.4. The van der Waals surface area contributed by atoms with Crippen LogP contribution < -0.4 is 5.32 Å². The molecule has 2 rings (SSSR count). The van der Waals surface area contributed by atoms with E-state index in [1.165, 1.54) is 4.80 Å². The average Bonchev–Trinajstić information content (AvgIpc) is 2.78. The van der Waals surface area contributed by atoms with Gasteiger partial charge in [-0.2, -0.15) is 4.80 Å². The summed E-state index contributed by atoms with van der Waals surface area (Å²) < 4.78 is 0. The average molecular weight is 218 g/mol. The van der Waals surface area contributed by atoms with Crippen molar-refractivity contribution < 1.29 is 4.79 Å². The summed E-state index contributed by atoms with van der Waals surface area (Å²) in [5.41, 5.74) is 0.315. The standard InChI is InChI=1S/C9H10N6O/c1-2-15-13-9(12-14-15)11-8(16)7-5-3-4-6-10-7/h3-6H,2H2,1H3,(H,11,13,16). The van der Waals surface area contributed by atoms with Gasteiger partial charge in [-0.15, -0.1) is 5.10 Å². The van der Waals surface area contributed by atoms with Crippen LogP contribution in [0.15, 0.2) is 24.4 Å². The lowest BCUT2D eigenvalue weighted by atomic mass is 10.3. The summed E-state index contributed by atoms with van der Waals surface area (Å²) in [6, 6.07) is 5.08. The van der Waals surface area contributed by atoms with Crippen LogP contribution in [0.2, 0.25) is 0 Å². The molecule has 0 atom stereocenters. The summed E-state index contributed by atoms with van der Waals surface area (Å²) in [7, 11) is 0. The molecule has 0 aliphatic heterocycles. The first kappa shape index (κ1) is 10.2. The molecule has 0 spiro atoms. The monoisotopic (exact) mass is 218 g/mol. The topological polar surface area (TPSA) is 85.6 Å². The van der Waals surface area contributed by atoms with E-state index in [0.29, 0.717) is 12.2 Å². The van der Waals surface area contributed by atoms with E-state index in [2.05, 4.69) is 25.7 Å². The summed E-state index contributed by atoms with van der Waals surface area (Å²) in [6.45, 7) is 2.48. The van der Waals surface area contributed by atoms with E-state index in [1.54, 1.807) is 24.4 Å². The van der Waals surface area contributed by atoms with E-state index in [1.807, 2.05) is 6.92 Å². The highest BCUT2D eigenvalue weighted by Crippen LogP contribution is 1.99. The minimum absolute atomic E-state index is 0.178. The number of hydrogen-bond donors (Lipinski definition) is 1. The Morgan fingerprint density at radius 1 is 1.50 bits per heavy atom. The molecule has 2 heterocycles. The van der Waals surface area contributed by atoms with Crippen LogP contribution in [0.4, 0.5) is 5.95 Å². The van der Waals surface area contributed by atoms with Gasteiger partial charge in [0.05, 0.1) is 6.54 Å². The zero-order valence-corrected chi connectivity index (χ0v) is 8.66. The molecule has 0 radical (unpaired) electrons. The van der Waals surface area contributed by atoms with E-state index in [4.69, 9.17) is 0 Å². The van der Waals surface area contributed by atoms with Gasteiger partial charge in [0.2, 0.25) is 0 Å². The minimum atomic E-state index is -0.351. The summed E-state index contributed by atoms with van der Waals surface area (Å²) in [5.74, 6) is -0.172. The van der Waals surface area contributed by atoms with E-state index >= 15 is 0 Å². The summed E-state index contributed by atoms with van der Waals surface area (Å²) >= 11 is 0. The normalized spacial score (nSPS) is 10.1. The fourth-order valence-corrected chi connectivity index (χ4v) is 1.09. The van der Waals surface area contributed by atoms with Crippen molar-refractivity contribution in [1.82, 2.24) is 25.2 Å². The maximum absolute atomic E-state index is 11.6. The molecular formula is C9H10N6O. The Morgan fingerprint density at radius 2 is 2.38 bits per heavy atom. The molecule has 2 aromatic heterocycles. The number of nitrogens with one attached hydrogen (secondary N) is 1. The van der Waals surface area contributed by atoms with Crippen molar-refractivity contribution in [3.05, 3.63) is 30.1 Å². The fraction of sp³-hybridized carbons (Fsp3) is 0.222. The van der Waals surface area contributed by atoms with Crippen molar-refractivity contribution in [3.8, 4) is 0 Å². The van der Waals surface area contributed by atoms with Gasteiger partial charge in [-0.1, -0.05) is 11.2 Å². The van der Waals surface area contributed by atoms with Gasteiger partial charge in [-0.05, 0) is 24.3 Å². The Labute approximate surface area is 91.5 Å². The largest absolute Gasteiger partial charge is 0.286 e. The van der Waals surface area contributed by atoms with Crippen molar-refractivity contribution in [2.75, 3.05) is 5.32 Å². The summed E-state index contributed by atoms with van der Waals surface area (Å²) in [4.78, 5) is 16.9. The number of rotatable bonds is 3. The van der Waals surface area contributed by atoms with Crippen LogP contribution in [0, 0.1) is 0 Å². The van der Waals surface area contributed by atoms with Crippen LogP contribution in [0.5, 0.6) is 0 Å². The second-order valence-corrected chi connectivity index (χ2v) is 2.97. The highest BCUT2D eigenvalue weighted by Gasteiger charge is 2.09. The molecule has 0 saturated carbocycles. The number of pyridine rings is 1. The predicted octanol–water partition coefficient (Wildman–Crippen LogP) is 0.340. The Morgan fingerprint density at radius 3 is 3.00 bits per heavy atom. The SMILES string of the molecule is CCn1nnc(NC(=O)c2ccccn2)n1. The van der Waals surface area contributed by atoms with E-state index < -0.39 is 0 Å². The molecule has 0 unspecified atom stereocenters. The molecule has 16 heavy (non-hydrogen) atoms. The number of tetrazole rings is 1. The lowest BCUT2D eigenvalue weighted by Gasteiger charge is -1.98. The molecule has 0 bridgehead atoms. The van der Waals surface area contributed by atoms with E-state index in [0.717, 1.165) is 0 Å². The second kappa shape index (κ2) is 4.47. The molecule has 0 aliphatic rings. The third kappa shape index (κ3) is 2.19. The smallest absolute Gasteiger partial charge is 0.276 e. The van der Waals surface area contributed by atoms with Crippen molar-refractivity contribution in [1.29, 1.82) is 0 Å². The fourth-order valence-electron chi connectivity index (χ4n) is 1.09. The lowest BCUT2D eigenvalue weighted by molar-refractivity contribution is 0.102. The van der Waals surface area contributed by atoms with Crippen molar-refractivity contribution >= 4 is 11.9 Å². The van der Waals surface area contributed by atoms with Crippen LogP contribution >= 0.6 is 0 Å².